The largest absolute Gasteiger partial charge is 0.497 e. The number of urea groups is 1. The number of imide groups is 1. The first-order valence-corrected chi connectivity index (χ1v) is 12.2. The number of rotatable bonds is 6. The summed E-state index contributed by atoms with van der Waals surface area (Å²) in [6.07, 6.45) is 3.65. The van der Waals surface area contributed by atoms with Gasteiger partial charge in [0.15, 0.2) is 0 Å². The number of carbonyl (C=O) groups is 3. The second kappa shape index (κ2) is 9.53. The van der Waals surface area contributed by atoms with Crippen molar-refractivity contribution in [2.75, 3.05) is 37.0 Å². The zero-order valence-corrected chi connectivity index (χ0v) is 20.5. The number of benzene rings is 3. The lowest BCUT2D eigenvalue weighted by atomic mass is 9.90. The SMILES string of the molecule is COc1ccc2cc(C3(C)NC(=O)N(CC(=O)Nc4ccc(N5CCCCC5)cc4)C3=O)ccc2c1. The number of carbonyl (C=O) groups excluding carboxylic acids is 3. The zero-order chi connectivity index (χ0) is 25.3. The van der Waals surface area contributed by atoms with Crippen LogP contribution in [0.5, 0.6) is 5.75 Å². The average molecular weight is 487 g/mol. The Hall–Kier alpha value is -4.07. The molecular formula is C28H30N4O4. The van der Waals surface area contributed by atoms with Gasteiger partial charge in [-0.2, -0.15) is 0 Å². The number of nitrogens with zero attached hydrogens (tertiary/aromatic N) is 2. The van der Waals surface area contributed by atoms with E-state index in [1.807, 2.05) is 60.7 Å². The predicted octanol–water partition coefficient (Wildman–Crippen LogP) is 4.24. The molecule has 0 saturated carbocycles. The zero-order valence-electron chi connectivity index (χ0n) is 20.5. The number of hydrogen-bond acceptors (Lipinski definition) is 5. The third-order valence-corrected chi connectivity index (χ3v) is 7.07. The molecule has 8 heteroatoms. The quantitative estimate of drug-likeness (QED) is 0.509. The second-order valence-electron chi connectivity index (χ2n) is 9.52. The number of anilines is 2. The van der Waals surface area contributed by atoms with E-state index >= 15 is 0 Å². The molecule has 3 aromatic rings. The van der Waals surface area contributed by atoms with Crippen molar-refractivity contribution in [2.24, 2.45) is 0 Å². The monoisotopic (exact) mass is 486 g/mol. The first-order chi connectivity index (χ1) is 17.4. The standard InChI is InChI=1S/C28H30N4O4/c1-28(21-8-6-20-17-24(36-2)13-7-19(20)16-21)26(34)32(27(35)30-28)18-25(33)29-22-9-11-23(12-10-22)31-14-4-3-5-15-31/h6-13,16-17H,3-5,14-15,18H2,1-2H3,(H,29,33)(H,30,35). The number of ether oxygens (including phenoxy) is 1. The fourth-order valence-corrected chi connectivity index (χ4v) is 4.95. The Kier molecular flexibility index (Phi) is 6.26. The molecule has 0 bridgehead atoms. The summed E-state index contributed by atoms with van der Waals surface area (Å²) in [5.41, 5.74) is 1.14. The van der Waals surface area contributed by atoms with E-state index < -0.39 is 23.4 Å². The van der Waals surface area contributed by atoms with Crippen molar-refractivity contribution in [3.63, 3.8) is 0 Å². The van der Waals surface area contributed by atoms with E-state index in [-0.39, 0.29) is 6.54 Å². The van der Waals surface area contributed by atoms with Gasteiger partial charge in [-0.15, -0.1) is 0 Å². The number of hydrogen-bond donors (Lipinski definition) is 2. The Bertz CT molecular complexity index is 1320. The molecule has 186 valence electrons. The van der Waals surface area contributed by atoms with Crippen LogP contribution in [0.15, 0.2) is 60.7 Å². The lowest BCUT2D eigenvalue weighted by Crippen LogP contribution is -2.42. The van der Waals surface area contributed by atoms with Gasteiger partial charge in [-0.05, 0) is 85.0 Å². The molecule has 0 aromatic heterocycles. The molecule has 2 aliphatic heterocycles. The van der Waals surface area contributed by atoms with Gasteiger partial charge in [0.05, 0.1) is 7.11 Å². The normalized spacial score (nSPS) is 19.9. The highest BCUT2D eigenvalue weighted by molar-refractivity contribution is 6.10. The molecule has 5 rings (SSSR count). The van der Waals surface area contributed by atoms with Gasteiger partial charge in [0.25, 0.3) is 5.91 Å². The summed E-state index contributed by atoms with van der Waals surface area (Å²) < 4.78 is 5.27. The maximum Gasteiger partial charge on any atom is 0.325 e. The summed E-state index contributed by atoms with van der Waals surface area (Å²) in [7, 11) is 1.61. The molecule has 1 unspecified atom stereocenters. The topological polar surface area (TPSA) is 91.0 Å². The van der Waals surface area contributed by atoms with Gasteiger partial charge in [0.1, 0.15) is 17.8 Å². The van der Waals surface area contributed by atoms with Crippen molar-refractivity contribution in [3.8, 4) is 5.75 Å². The number of fused-ring (bicyclic) bond motifs is 1. The Morgan fingerprint density at radius 3 is 2.39 bits per heavy atom. The van der Waals surface area contributed by atoms with Crippen molar-refractivity contribution >= 4 is 40.0 Å². The van der Waals surface area contributed by atoms with Gasteiger partial charge < -0.3 is 20.3 Å². The molecule has 2 N–H and O–H groups in total. The van der Waals surface area contributed by atoms with Crippen molar-refractivity contribution in [3.05, 3.63) is 66.2 Å². The van der Waals surface area contributed by atoms with Crippen molar-refractivity contribution in [1.29, 1.82) is 0 Å². The molecule has 0 radical (unpaired) electrons. The minimum absolute atomic E-state index is 0.362. The van der Waals surface area contributed by atoms with E-state index in [9.17, 15) is 14.4 Å². The fourth-order valence-electron chi connectivity index (χ4n) is 4.95. The van der Waals surface area contributed by atoms with E-state index in [2.05, 4.69) is 15.5 Å². The van der Waals surface area contributed by atoms with Gasteiger partial charge in [0, 0.05) is 24.5 Å². The van der Waals surface area contributed by atoms with Gasteiger partial charge in [-0.25, -0.2) is 4.79 Å². The van der Waals surface area contributed by atoms with Crippen molar-refractivity contribution in [2.45, 2.75) is 31.7 Å². The maximum absolute atomic E-state index is 13.3. The van der Waals surface area contributed by atoms with E-state index in [4.69, 9.17) is 4.74 Å². The molecule has 2 fully saturated rings. The lowest BCUT2D eigenvalue weighted by Gasteiger charge is -2.28. The summed E-state index contributed by atoms with van der Waals surface area (Å²) in [4.78, 5) is 42.1. The third-order valence-electron chi connectivity index (χ3n) is 7.07. The summed E-state index contributed by atoms with van der Waals surface area (Å²) in [5, 5.41) is 7.45. The fraction of sp³-hybridized carbons (Fsp3) is 0.321. The lowest BCUT2D eigenvalue weighted by molar-refractivity contribution is -0.133. The van der Waals surface area contributed by atoms with Crippen LogP contribution in [0, 0.1) is 0 Å². The first-order valence-electron chi connectivity index (χ1n) is 12.2. The molecule has 3 aromatic carbocycles. The third kappa shape index (κ3) is 4.46. The summed E-state index contributed by atoms with van der Waals surface area (Å²) in [5.74, 6) is -0.153. The Morgan fingerprint density at radius 2 is 1.67 bits per heavy atom. The highest BCUT2D eigenvalue weighted by Gasteiger charge is 2.49. The van der Waals surface area contributed by atoms with Gasteiger partial charge in [-0.3, -0.25) is 14.5 Å². The Balaban J connectivity index is 1.26. The van der Waals surface area contributed by atoms with Crippen LogP contribution in [0.3, 0.4) is 0 Å². The average Bonchev–Trinajstić information content (AvgIpc) is 3.12. The van der Waals surface area contributed by atoms with Crippen LogP contribution < -0.4 is 20.3 Å². The van der Waals surface area contributed by atoms with Gasteiger partial charge in [0.2, 0.25) is 5.91 Å². The first kappa shape index (κ1) is 23.7. The van der Waals surface area contributed by atoms with Crippen LogP contribution in [0.25, 0.3) is 10.8 Å². The Morgan fingerprint density at radius 1 is 0.972 bits per heavy atom. The van der Waals surface area contributed by atoms with Crippen LogP contribution in [-0.4, -0.2) is 49.5 Å². The second-order valence-corrected chi connectivity index (χ2v) is 9.52. The highest BCUT2D eigenvalue weighted by Crippen LogP contribution is 2.32. The summed E-state index contributed by atoms with van der Waals surface area (Å²) in [6, 6.07) is 18.3. The predicted molar refractivity (Wildman–Crippen MR) is 139 cm³/mol. The van der Waals surface area contributed by atoms with Gasteiger partial charge >= 0.3 is 6.03 Å². The molecule has 8 nitrogen and oxygen atoms in total. The van der Waals surface area contributed by atoms with Crippen LogP contribution in [0.1, 0.15) is 31.7 Å². The minimum atomic E-state index is -1.26. The molecular weight excluding hydrogens is 456 g/mol. The van der Waals surface area contributed by atoms with Crippen LogP contribution in [0.2, 0.25) is 0 Å². The molecule has 2 saturated heterocycles. The number of nitrogens with one attached hydrogen (secondary N) is 2. The molecule has 4 amide bonds. The molecule has 0 aliphatic carbocycles. The van der Waals surface area contributed by atoms with E-state index in [0.717, 1.165) is 40.2 Å². The van der Waals surface area contributed by atoms with E-state index in [1.165, 1.54) is 19.3 Å². The minimum Gasteiger partial charge on any atom is -0.497 e. The van der Waals surface area contributed by atoms with Crippen LogP contribution >= 0.6 is 0 Å². The van der Waals surface area contributed by atoms with E-state index in [0.29, 0.717) is 11.3 Å². The number of amides is 4. The Labute approximate surface area is 210 Å². The van der Waals surface area contributed by atoms with Gasteiger partial charge in [-0.1, -0.05) is 18.2 Å². The number of piperidine rings is 1. The summed E-state index contributed by atoms with van der Waals surface area (Å²) >= 11 is 0. The van der Waals surface area contributed by atoms with E-state index in [1.54, 1.807) is 14.0 Å². The van der Waals surface area contributed by atoms with Crippen LogP contribution in [-0.2, 0) is 15.1 Å². The smallest absolute Gasteiger partial charge is 0.325 e. The molecule has 2 heterocycles. The number of methoxy groups -OCH3 is 1. The molecule has 1 atom stereocenters. The summed E-state index contributed by atoms with van der Waals surface area (Å²) in [6.45, 7) is 3.39. The highest BCUT2D eigenvalue weighted by atomic mass is 16.5. The molecule has 36 heavy (non-hydrogen) atoms. The maximum atomic E-state index is 13.3. The van der Waals surface area contributed by atoms with Crippen molar-refractivity contribution in [1.82, 2.24) is 10.2 Å². The van der Waals surface area contributed by atoms with Crippen molar-refractivity contribution < 1.29 is 19.1 Å². The van der Waals surface area contributed by atoms with Crippen LogP contribution in [0.4, 0.5) is 16.2 Å². The molecule has 2 aliphatic rings. The molecule has 0 spiro atoms.